The molecule has 4 nitrogen and oxygen atoms in total. The highest BCUT2D eigenvalue weighted by atomic mass is 35.5. The van der Waals surface area contributed by atoms with E-state index >= 15 is 0 Å². The van der Waals surface area contributed by atoms with Crippen LogP contribution in [0.2, 0.25) is 5.02 Å². The Kier molecular flexibility index (Phi) is 7.67. The Balaban J connectivity index is 2.70. The molecular weight excluding hydrogens is 302 g/mol. The lowest BCUT2D eigenvalue weighted by Gasteiger charge is -2.21. The van der Waals surface area contributed by atoms with Crippen LogP contribution in [0, 0.1) is 5.92 Å². The van der Waals surface area contributed by atoms with Crippen molar-refractivity contribution in [2.24, 2.45) is 5.92 Å². The number of ether oxygens (including phenoxy) is 1. The summed E-state index contributed by atoms with van der Waals surface area (Å²) in [5, 5.41) is 3.35. The zero-order valence-corrected chi connectivity index (χ0v) is 13.9. The van der Waals surface area contributed by atoms with Crippen molar-refractivity contribution in [2.75, 3.05) is 6.61 Å². The first-order valence-corrected chi connectivity index (χ1v) is 7.76. The van der Waals surface area contributed by atoms with E-state index in [0.717, 1.165) is 12.0 Å². The van der Waals surface area contributed by atoms with Gasteiger partial charge in [-0.05, 0) is 36.6 Å². The first-order chi connectivity index (χ1) is 10.5. The molecule has 0 saturated heterocycles. The van der Waals surface area contributed by atoms with Crippen LogP contribution < -0.4 is 5.32 Å². The molecule has 1 amide bonds. The topological polar surface area (TPSA) is 55.4 Å². The van der Waals surface area contributed by atoms with Gasteiger partial charge in [0.25, 0.3) is 0 Å². The maximum atomic E-state index is 12.0. The van der Waals surface area contributed by atoms with E-state index in [9.17, 15) is 9.59 Å². The van der Waals surface area contributed by atoms with Gasteiger partial charge in [-0.25, -0.2) is 4.79 Å². The van der Waals surface area contributed by atoms with E-state index in [0.29, 0.717) is 11.6 Å². The lowest BCUT2D eigenvalue weighted by Crippen LogP contribution is -2.45. The van der Waals surface area contributed by atoms with Crippen molar-refractivity contribution in [3.05, 3.63) is 40.9 Å². The summed E-state index contributed by atoms with van der Waals surface area (Å²) in [4.78, 5) is 23.9. The predicted octanol–water partition coefficient (Wildman–Crippen LogP) is 3.45. The van der Waals surface area contributed by atoms with Crippen molar-refractivity contribution in [1.29, 1.82) is 0 Å². The van der Waals surface area contributed by atoms with Crippen molar-refractivity contribution in [2.45, 2.75) is 33.2 Å². The normalized spacial score (nSPS) is 13.6. The molecule has 0 radical (unpaired) electrons. The van der Waals surface area contributed by atoms with Crippen LogP contribution in [0.4, 0.5) is 0 Å². The van der Waals surface area contributed by atoms with Crippen LogP contribution >= 0.6 is 11.6 Å². The molecule has 1 rings (SSSR count). The SMILES string of the molecule is CCOC(=O)[C@@H](NC(=O)/C=C/c1ccc(Cl)cc1)[C@@H](C)CC. The minimum Gasteiger partial charge on any atom is -0.464 e. The third-order valence-electron chi connectivity index (χ3n) is 3.35. The molecule has 1 aromatic rings. The lowest BCUT2D eigenvalue weighted by atomic mass is 9.99. The fourth-order valence-electron chi connectivity index (χ4n) is 1.85. The molecule has 0 saturated carbocycles. The first-order valence-electron chi connectivity index (χ1n) is 7.38. The van der Waals surface area contributed by atoms with Gasteiger partial charge in [0.2, 0.25) is 5.91 Å². The average molecular weight is 324 g/mol. The highest BCUT2D eigenvalue weighted by molar-refractivity contribution is 6.30. The van der Waals surface area contributed by atoms with E-state index in [-0.39, 0.29) is 11.8 Å². The Labute approximate surface area is 136 Å². The van der Waals surface area contributed by atoms with Crippen LogP contribution in [0.1, 0.15) is 32.8 Å². The molecule has 0 aliphatic carbocycles. The molecule has 0 spiro atoms. The summed E-state index contributed by atoms with van der Waals surface area (Å²) in [6.07, 6.45) is 3.84. The molecule has 1 aromatic carbocycles. The number of nitrogens with one attached hydrogen (secondary N) is 1. The second-order valence-electron chi connectivity index (χ2n) is 5.01. The molecular formula is C17H22ClNO3. The van der Waals surface area contributed by atoms with E-state index in [1.54, 1.807) is 25.1 Å². The maximum absolute atomic E-state index is 12.0. The van der Waals surface area contributed by atoms with Crippen molar-refractivity contribution in [1.82, 2.24) is 5.32 Å². The summed E-state index contributed by atoms with van der Waals surface area (Å²) in [7, 11) is 0. The number of amides is 1. The second kappa shape index (κ2) is 9.26. The van der Waals surface area contributed by atoms with Gasteiger partial charge in [-0.1, -0.05) is 44.0 Å². The molecule has 0 aliphatic heterocycles. The van der Waals surface area contributed by atoms with Gasteiger partial charge < -0.3 is 10.1 Å². The van der Waals surface area contributed by atoms with E-state index in [1.165, 1.54) is 6.08 Å². The smallest absolute Gasteiger partial charge is 0.328 e. The number of halogens is 1. The fraction of sp³-hybridized carbons (Fsp3) is 0.412. The highest BCUT2D eigenvalue weighted by Crippen LogP contribution is 2.12. The van der Waals surface area contributed by atoms with Crippen LogP contribution in [0.3, 0.4) is 0 Å². The Hall–Kier alpha value is -1.81. The molecule has 22 heavy (non-hydrogen) atoms. The predicted molar refractivity (Wildman–Crippen MR) is 88.5 cm³/mol. The molecule has 0 unspecified atom stereocenters. The molecule has 0 heterocycles. The molecule has 120 valence electrons. The number of rotatable bonds is 7. The average Bonchev–Trinajstić information content (AvgIpc) is 2.51. The van der Waals surface area contributed by atoms with Crippen molar-refractivity contribution >= 4 is 29.6 Å². The minimum atomic E-state index is -0.632. The number of hydrogen-bond acceptors (Lipinski definition) is 3. The third-order valence-corrected chi connectivity index (χ3v) is 3.60. The lowest BCUT2D eigenvalue weighted by molar-refractivity contribution is -0.148. The van der Waals surface area contributed by atoms with Crippen molar-refractivity contribution in [3.8, 4) is 0 Å². The van der Waals surface area contributed by atoms with Crippen LogP contribution in [-0.2, 0) is 14.3 Å². The summed E-state index contributed by atoms with van der Waals surface area (Å²) in [6.45, 7) is 5.91. The van der Waals surface area contributed by atoms with Crippen LogP contribution in [0.25, 0.3) is 6.08 Å². The first kappa shape index (κ1) is 18.2. The highest BCUT2D eigenvalue weighted by Gasteiger charge is 2.26. The van der Waals surface area contributed by atoms with Crippen LogP contribution in [0.5, 0.6) is 0 Å². The van der Waals surface area contributed by atoms with Gasteiger partial charge >= 0.3 is 5.97 Å². The number of benzene rings is 1. The van der Waals surface area contributed by atoms with Gasteiger partial charge in [-0.15, -0.1) is 0 Å². The van der Waals surface area contributed by atoms with E-state index in [2.05, 4.69) is 5.32 Å². The summed E-state index contributed by atoms with van der Waals surface area (Å²) >= 11 is 5.80. The van der Waals surface area contributed by atoms with E-state index < -0.39 is 12.0 Å². The Morgan fingerprint density at radius 2 is 1.91 bits per heavy atom. The Morgan fingerprint density at radius 3 is 2.45 bits per heavy atom. The molecule has 0 fully saturated rings. The number of carbonyl (C=O) groups is 2. The molecule has 2 atom stereocenters. The quantitative estimate of drug-likeness (QED) is 0.617. The van der Waals surface area contributed by atoms with Gasteiger partial charge in [0.05, 0.1) is 6.61 Å². The largest absolute Gasteiger partial charge is 0.464 e. The second-order valence-corrected chi connectivity index (χ2v) is 5.45. The van der Waals surface area contributed by atoms with Gasteiger partial charge in [0.15, 0.2) is 0 Å². The molecule has 0 bridgehead atoms. The Bertz CT molecular complexity index is 525. The summed E-state index contributed by atoms with van der Waals surface area (Å²) in [5.74, 6) is -0.717. The number of carbonyl (C=O) groups excluding carboxylic acids is 2. The molecule has 5 heteroatoms. The van der Waals surface area contributed by atoms with Gasteiger partial charge in [-0.3, -0.25) is 4.79 Å². The van der Waals surface area contributed by atoms with E-state index in [4.69, 9.17) is 16.3 Å². The summed E-state index contributed by atoms with van der Waals surface area (Å²) < 4.78 is 5.01. The van der Waals surface area contributed by atoms with Crippen LogP contribution in [0.15, 0.2) is 30.3 Å². The molecule has 1 N–H and O–H groups in total. The van der Waals surface area contributed by atoms with Gasteiger partial charge in [-0.2, -0.15) is 0 Å². The zero-order chi connectivity index (χ0) is 16.5. The fourth-order valence-corrected chi connectivity index (χ4v) is 1.97. The molecule has 0 aromatic heterocycles. The number of hydrogen-bond donors (Lipinski definition) is 1. The number of esters is 1. The van der Waals surface area contributed by atoms with Crippen molar-refractivity contribution in [3.63, 3.8) is 0 Å². The monoisotopic (exact) mass is 323 g/mol. The zero-order valence-electron chi connectivity index (χ0n) is 13.1. The van der Waals surface area contributed by atoms with Crippen LogP contribution in [-0.4, -0.2) is 24.5 Å². The van der Waals surface area contributed by atoms with Gasteiger partial charge in [0.1, 0.15) is 6.04 Å². The van der Waals surface area contributed by atoms with E-state index in [1.807, 2.05) is 26.0 Å². The minimum absolute atomic E-state index is 0.00642. The van der Waals surface area contributed by atoms with Crippen molar-refractivity contribution < 1.29 is 14.3 Å². The summed E-state index contributed by atoms with van der Waals surface area (Å²) in [5.41, 5.74) is 0.857. The standard InChI is InChI=1S/C17H22ClNO3/c1-4-12(3)16(17(21)22-5-2)19-15(20)11-8-13-6-9-14(18)10-7-13/h6-12,16H,4-5H2,1-3H3,(H,19,20)/b11-8+/t12-,16-/m0/s1. The third kappa shape index (κ3) is 5.90. The van der Waals surface area contributed by atoms with Gasteiger partial charge in [0, 0.05) is 11.1 Å². The maximum Gasteiger partial charge on any atom is 0.328 e. The molecule has 0 aliphatic rings. The Morgan fingerprint density at radius 1 is 1.27 bits per heavy atom. The summed E-state index contributed by atoms with van der Waals surface area (Å²) in [6, 6.07) is 6.49.